The lowest BCUT2D eigenvalue weighted by Crippen LogP contribution is -2.34. The second kappa shape index (κ2) is 8.51. The molecule has 31 heavy (non-hydrogen) atoms. The molecule has 0 radical (unpaired) electrons. The van der Waals surface area contributed by atoms with Crippen LogP contribution >= 0.6 is 11.6 Å². The normalized spacial score (nSPS) is 15.4. The summed E-state index contributed by atoms with van der Waals surface area (Å²) in [7, 11) is 4.58. The van der Waals surface area contributed by atoms with Crippen LogP contribution in [0.4, 0.5) is 5.88 Å². The number of esters is 1. The van der Waals surface area contributed by atoms with E-state index >= 15 is 0 Å². The van der Waals surface area contributed by atoms with Gasteiger partial charge in [0.1, 0.15) is 5.69 Å². The Morgan fingerprint density at radius 2 is 1.81 bits per heavy atom. The molecule has 0 saturated heterocycles. The lowest BCUT2D eigenvalue weighted by atomic mass is 9.92. The monoisotopic (exact) mass is 442 g/mol. The lowest BCUT2D eigenvalue weighted by molar-refractivity contribution is 0.0601. The number of aromatic nitrogens is 1. The first-order valence-corrected chi connectivity index (χ1v) is 10.2. The summed E-state index contributed by atoms with van der Waals surface area (Å²) in [5.74, 6) is 1.22. The molecule has 8 heteroatoms. The first kappa shape index (κ1) is 21.1. The molecule has 1 aromatic heterocycles. The summed E-state index contributed by atoms with van der Waals surface area (Å²) < 4.78 is 21.7. The Morgan fingerprint density at radius 3 is 2.45 bits per heavy atom. The van der Waals surface area contributed by atoms with E-state index in [1.807, 2.05) is 17.0 Å². The van der Waals surface area contributed by atoms with Gasteiger partial charge in [-0.15, -0.1) is 0 Å². The van der Waals surface area contributed by atoms with Crippen molar-refractivity contribution in [3.8, 4) is 22.8 Å². The van der Waals surface area contributed by atoms with E-state index in [2.05, 4.69) is 12.1 Å². The number of benzene rings is 2. The zero-order chi connectivity index (χ0) is 22.1. The molecule has 162 valence electrons. The van der Waals surface area contributed by atoms with Gasteiger partial charge < -0.3 is 23.6 Å². The zero-order valence-electron chi connectivity index (χ0n) is 17.8. The van der Waals surface area contributed by atoms with E-state index in [1.54, 1.807) is 38.5 Å². The molecule has 0 saturated carbocycles. The van der Waals surface area contributed by atoms with Gasteiger partial charge in [0.15, 0.2) is 17.1 Å². The van der Waals surface area contributed by atoms with Crippen LogP contribution in [0.2, 0.25) is 5.02 Å². The Labute approximate surface area is 185 Å². The van der Waals surface area contributed by atoms with Gasteiger partial charge in [0.05, 0.1) is 27.4 Å². The fourth-order valence-electron chi connectivity index (χ4n) is 3.99. The Morgan fingerprint density at radius 1 is 1.13 bits per heavy atom. The molecule has 1 aliphatic heterocycles. The summed E-state index contributed by atoms with van der Waals surface area (Å²) >= 11 is 6.01. The highest BCUT2D eigenvalue weighted by atomic mass is 35.5. The molecule has 0 bridgehead atoms. The number of hydrogen-bond donors (Lipinski definition) is 0. The van der Waals surface area contributed by atoms with Crippen LogP contribution in [0.15, 0.2) is 40.9 Å². The topological polar surface area (TPSA) is 74.0 Å². The van der Waals surface area contributed by atoms with Crippen molar-refractivity contribution in [1.82, 2.24) is 5.16 Å². The van der Waals surface area contributed by atoms with Crippen molar-refractivity contribution in [2.75, 3.05) is 32.8 Å². The first-order valence-electron chi connectivity index (χ1n) is 9.83. The summed E-state index contributed by atoms with van der Waals surface area (Å²) in [5, 5.41) is 4.80. The minimum absolute atomic E-state index is 0.0852. The molecule has 1 aliphatic rings. The minimum Gasteiger partial charge on any atom is -0.493 e. The standard InChI is InChI=1S/C23H23ClN2O5/c1-13-17-12-19(29-3)18(28-2)11-15(17)9-10-26(13)22-20(23(27)30-4)21(25-31-22)14-5-7-16(24)8-6-14/h5-8,11-13H,9-10H2,1-4H3/t13-/m1/s1. The van der Waals surface area contributed by atoms with Crippen molar-refractivity contribution in [3.63, 3.8) is 0 Å². The van der Waals surface area contributed by atoms with Gasteiger partial charge in [-0.05, 0) is 48.7 Å². The molecule has 3 aromatic rings. The third kappa shape index (κ3) is 3.70. The molecule has 0 fully saturated rings. The van der Waals surface area contributed by atoms with Crippen LogP contribution in [-0.2, 0) is 11.2 Å². The fraction of sp³-hybridized carbons (Fsp3) is 0.304. The summed E-state index contributed by atoms with van der Waals surface area (Å²) in [6, 6.07) is 11.0. The Bertz CT molecular complexity index is 1110. The number of ether oxygens (including phenoxy) is 3. The number of fused-ring (bicyclic) bond motifs is 1. The van der Waals surface area contributed by atoms with Crippen LogP contribution < -0.4 is 14.4 Å². The molecule has 0 amide bonds. The number of rotatable bonds is 5. The van der Waals surface area contributed by atoms with Crippen LogP contribution in [0.3, 0.4) is 0 Å². The highest BCUT2D eigenvalue weighted by molar-refractivity contribution is 6.30. The lowest BCUT2D eigenvalue weighted by Gasteiger charge is -2.35. The molecule has 0 unspecified atom stereocenters. The average molecular weight is 443 g/mol. The highest BCUT2D eigenvalue weighted by Gasteiger charge is 2.34. The largest absolute Gasteiger partial charge is 0.493 e. The summed E-state index contributed by atoms with van der Waals surface area (Å²) in [4.78, 5) is 14.7. The van der Waals surface area contributed by atoms with Crippen molar-refractivity contribution in [2.24, 2.45) is 0 Å². The Kier molecular flexibility index (Phi) is 5.78. The van der Waals surface area contributed by atoms with E-state index in [4.69, 9.17) is 30.3 Å². The van der Waals surface area contributed by atoms with Gasteiger partial charge >= 0.3 is 5.97 Å². The van der Waals surface area contributed by atoms with Gasteiger partial charge in [0.2, 0.25) is 5.88 Å². The number of methoxy groups -OCH3 is 3. The van der Waals surface area contributed by atoms with Crippen molar-refractivity contribution in [2.45, 2.75) is 19.4 Å². The number of nitrogens with zero attached hydrogens (tertiary/aromatic N) is 2. The number of carbonyl (C=O) groups excluding carboxylic acids is 1. The minimum atomic E-state index is -0.508. The number of halogens is 1. The number of hydrogen-bond acceptors (Lipinski definition) is 7. The predicted molar refractivity (Wildman–Crippen MR) is 117 cm³/mol. The van der Waals surface area contributed by atoms with Gasteiger partial charge in [-0.1, -0.05) is 28.9 Å². The molecule has 0 N–H and O–H groups in total. The molecule has 4 rings (SSSR count). The van der Waals surface area contributed by atoms with Crippen molar-refractivity contribution < 1.29 is 23.5 Å². The summed E-state index contributed by atoms with van der Waals surface area (Å²) in [6.07, 6.45) is 0.748. The van der Waals surface area contributed by atoms with Crippen molar-refractivity contribution >= 4 is 23.5 Å². The Balaban J connectivity index is 1.78. The van der Waals surface area contributed by atoms with Crippen LogP contribution in [0.1, 0.15) is 34.5 Å². The van der Waals surface area contributed by atoms with Crippen LogP contribution in [0.25, 0.3) is 11.3 Å². The van der Waals surface area contributed by atoms with E-state index in [1.165, 1.54) is 12.7 Å². The SMILES string of the molecule is COC(=O)c1c(-c2ccc(Cl)cc2)noc1N1CCc2cc(OC)c(OC)cc2[C@H]1C. The molecule has 7 nitrogen and oxygen atoms in total. The van der Waals surface area contributed by atoms with Crippen LogP contribution in [0.5, 0.6) is 11.5 Å². The maximum atomic E-state index is 12.7. The third-order valence-corrected chi connectivity index (χ3v) is 5.88. The summed E-state index contributed by atoms with van der Waals surface area (Å²) in [6.45, 7) is 2.69. The fourth-order valence-corrected chi connectivity index (χ4v) is 4.12. The van der Waals surface area contributed by atoms with Gasteiger partial charge in [-0.25, -0.2) is 4.79 Å². The first-order chi connectivity index (χ1) is 15.0. The zero-order valence-corrected chi connectivity index (χ0v) is 18.5. The van der Waals surface area contributed by atoms with Crippen molar-refractivity contribution in [3.05, 3.63) is 58.1 Å². The molecule has 1 atom stereocenters. The van der Waals surface area contributed by atoms with Crippen LogP contribution in [0, 0.1) is 0 Å². The summed E-state index contributed by atoms with van der Waals surface area (Å²) in [5.41, 5.74) is 3.67. The maximum Gasteiger partial charge on any atom is 0.345 e. The Hall–Kier alpha value is -3.19. The average Bonchev–Trinajstić information content (AvgIpc) is 3.23. The van der Waals surface area contributed by atoms with Crippen LogP contribution in [-0.4, -0.2) is 39.0 Å². The van der Waals surface area contributed by atoms with E-state index in [0.29, 0.717) is 40.2 Å². The van der Waals surface area contributed by atoms with E-state index < -0.39 is 5.97 Å². The second-order valence-corrected chi connectivity index (χ2v) is 7.67. The van der Waals surface area contributed by atoms with Gasteiger partial charge in [0, 0.05) is 17.1 Å². The molecule has 2 heterocycles. The molecular weight excluding hydrogens is 420 g/mol. The number of anilines is 1. The third-order valence-electron chi connectivity index (χ3n) is 5.63. The van der Waals surface area contributed by atoms with E-state index in [9.17, 15) is 4.79 Å². The molecular formula is C23H23ClN2O5. The highest BCUT2D eigenvalue weighted by Crippen LogP contribution is 2.42. The quantitative estimate of drug-likeness (QED) is 0.519. The predicted octanol–water partition coefficient (Wildman–Crippen LogP) is 4.92. The van der Waals surface area contributed by atoms with Gasteiger partial charge in [0.25, 0.3) is 0 Å². The van der Waals surface area contributed by atoms with Gasteiger partial charge in [-0.3, -0.25) is 0 Å². The molecule has 0 aliphatic carbocycles. The second-order valence-electron chi connectivity index (χ2n) is 7.24. The van der Waals surface area contributed by atoms with E-state index in [0.717, 1.165) is 17.5 Å². The van der Waals surface area contributed by atoms with Crippen molar-refractivity contribution in [1.29, 1.82) is 0 Å². The smallest absolute Gasteiger partial charge is 0.345 e. The maximum absolute atomic E-state index is 12.7. The molecule has 2 aromatic carbocycles. The van der Waals surface area contributed by atoms with Gasteiger partial charge in [-0.2, -0.15) is 0 Å². The molecule has 0 spiro atoms. The van der Waals surface area contributed by atoms with E-state index in [-0.39, 0.29) is 6.04 Å². The number of carbonyl (C=O) groups is 1.